The first-order valence-electron chi connectivity index (χ1n) is 8.48. The van der Waals surface area contributed by atoms with Gasteiger partial charge in [-0.05, 0) is 17.7 Å². The van der Waals surface area contributed by atoms with Crippen LogP contribution in [0.15, 0.2) is 36.8 Å². The highest BCUT2D eigenvalue weighted by molar-refractivity contribution is 6.18. The highest BCUT2D eigenvalue weighted by Crippen LogP contribution is 2.16. The van der Waals surface area contributed by atoms with Gasteiger partial charge in [-0.2, -0.15) is 0 Å². The van der Waals surface area contributed by atoms with Crippen LogP contribution in [0.4, 0.5) is 5.69 Å². The number of H-pyrrole nitrogens is 1. The van der Waals surface area contributed by atoms with E-state index in [9.17, 15) is 14.7 Å². The van der Waals surface area contributed by atoms with Gasteiger partial charge in [-0.1, -0.05) is 12.1 Å². The van der Waals surface area contributed by atoms with Gasteiger partial charge < -0.3 is 20.3 Å². The van der Waals surface area contributed by atoms with Crippen molar-refractivity contribution >= 4 is 40.8 Å². The number of carboxylic acid groups (broad SMARTS) is 1. The van der Waals surface area contributed by atoms with Gasteiger partial charge in [0.05, 0.1) is 12.7 Å². The van der Waals surface area contributed by atoms with Crippen LogP contribution in [0.5, 0.6) is 0 Å². The molecule has 0 radical (unpaired) electrons. The number of aromatic nitrogens is 2. The average molecular weight is 413 g/mol. The third-order valence-corrected chi connectivity index (χ3v) is 4.33. The summed E-state index contributed by atoms with van der Waals surface area (Å²) in [5, 5.41) is 11.9. The number of hydrogen-bond acceptors (Lipinski definition) is 4. The number of aliphatic carboxylic acids is 1. The number of halogens is 2. The predicted molar refractivity (Wildman–Crippen MR) is 106 cm³/mol. The van der Waals surface area contributed by atoms with E-state index in [1.165, 1.54) is 12.5 Å². The van der Waals surface area contributed by atoms with Crippen LogP contribution in [0.1, 0.15) is 11.3 Å². The molecule has 1 heterocycles. The molecule has 0 bridgehead atoms. The molecule has 1 aromatic carbocycles. The fraction of sp³-hybridized carbons (Fsp3) is 0.389. The molecule has 0 aliphatic heterocycles. The van der Waals surface area contributed by atoms with Crippen molar-refractivity contribution in [1.29, 1.82) is 0 Å². The van der Waals surface area contributed by atoms with E-state index in [0.717, 1.165) is 11.3 Å². The van der Waals surface area contributed by atoms with Gasteiger partial charge in [-0.25, -0.2) is 9.78 Å². The number of aromatic amines is 1. The maximum absolute atomic E-state index is 12.2. The molecule has 1 atom stereocenters. The molecular formula is C18H22Cl2N4O3. The minimum atomic E-state index is -1.09. The van der Waals surface area contributed by atoms with E-state index < -0.39 is 12.0 Å². The maximum atomic E-state index is 12.2. The Morgan fingerprint density at radius 2 is 1.85 bits per heavy atom. The Hall–Kier alpha value is -2.25. The van der Waals surface area contributed by atoms with Gasteiger partial charge in [0, 0.05) is 48.8 Å². The summed E-state index contributed by atoms with van der Waals surface area (Å²) in [6, 6.07) is 6.48. The van der Waals surface area contributed by atoms with Gasteiger partial charge in [-0.3, -0.25) is 4.79 Å². The van der Waals surface area contributed by atoms with E-state index >= 15 is 0 Å². The second-order valence-electron chi connectivity index (χ2n) is 5.95. The van der Waals surface area contributed by atoms with Crippen LogP contribution in [-0.4, -0.2) is 57.8 Å². The number of rotatable bonds is 11. The Bertz CT molecular complexity index is 717. The number of anilines is 1. The van der Waals surface area contributed by atoms with Crippen molar-refractivity contribution in [2.45, 2.75) is 18.9 Å². The smallest absolute Gasteiger partial charge is 0.326 e. The first-order chi connectivity index (χ1) is 13.0. The zero-order valence-electron chi connectivity index (χ0n) is 14.7. The Morgan fingerprint density at radius 3 is 2.37 bits per heavy atom. The fourth-order valence-corrected chi connectivity index (χ4v) is 3.05. The number of amides is 1. The third kappa shape index (κ3) is 6.77. The zero-order valence-corrected chi connectivity index (χ0v) is 16.2. The van der Waals surface area contributed by atoms with Crippen LogP contribution in [0, 0.1) is 0 Å². The number of carbonyl (C=O) groups is 2. The highest BCUT2D eigenvalue weighted by Gasteiger charge is 2.21. The van der Waals surface area contributed by atoms with E-state index in [4.69, 9.17) is 23.2 Å². The second kappa shape index (κ2) is 10.8. The minimum Gasteiger partial charge on any atom is -0.480 e. The summed E-state index contributed by atoms with van der Waals surface area (Å²) >= 11 is 11.6. The summed E-state index contributed by atoms with van der Waals surface area (Å²) < 4.78 is 0. The molecule has 0 spiro atoms. The topological polar surface area (TPSA) is 98.3 Å². The van der Waals surface area contributed by atoms with Crippen LogP contribution >= 0.6 is 23.2 Å². The van der Waals surface area contributed by atoms with E-state index in [1.807, 2.05) is 24.3 Å². The van der Waals surface area contributed by atoms with E-state index in [1.54, 1.807) is 0 Å². The molecule has 27 heavy (non-hydrogen) atoms. The van der Waals surface area contributed by atoms with Crippen molar-refractivity contribution < 1.29 is 14.7 Å². The lowest BCUT2D eigenvalue weighted by molar-refractivity contribution is -0.141. The third-order valence-electron chi connectivity index (χ3n) is 3.99. The lowest BCUT2D eigenvalue weighted by Crippen LogP contribution is -2.43. The van der Waals surface area contributed by atoms with Crippen molar-refractivity contribution in [1.82, 2.24) is 15.3 Å². The summed E-state index contributed by atoms with van der Waals surface area (Å²) in [7, 11) is 0. The lowest BCUT2D eigenvalue weighted by atomic mass is 10.1. The summed E-state index contributed by atoms with van der Waals surface area (Å²) in [6.45, 7) is 1.37. The number of carbonyl (C=O) groups excluding carboxylic acids is 1. The molecule has 7 nitrogen and oxygen atoms in total. The van der Waals surface area contributed by atoms with Crippen LogP contribution in [0.25, 0.3) is 0 Å². The van der Waals surface area contributed by atoms with Gasteiger partial charge in [0.25, 0.3) is 0 Å². The molecule has 0 unspecified atom stereocenters. The number of imidazole rings is 1. The molecule has 3 N–H and O–H groups in total. The number of alkyl halides is 2. The Balaban J connectivity index is 1.94. The van der Waals surface area contributed by atoms with E-state index in [2.05, 4.69) is 20.2 Å². The van der Waals surface area contributed by atoms with Crippen molar-refractivity contribution in [2.75, 3.05) is 29.7 Å². The Kier molecular flexibility index (Phi) is 8.42. The quantitative estimate of drug-likeness (QED) is 0.490. The monoisotopic (exact) mass is 412 g/mol. The second-order valence-corrected chi connectivity index (χ2v) is 6.70. The molecule has 9 heteroatoms. The Morgan fingerprint density at radius 1 is 1.19 bits per heavy atom. The summed E-state index contributed by atoms with van der Waals surface area (Å²) in [6.07, 6.45) is 3.24. The molecule has 0 saturated carbocycles. The predicted octanol–water partition coefficient (Wildman–Crippen LogP) is 2.05. The molecular weight excluding hydrogens is 391 g/mol. The molecule has 0 fully saturated rings. The van der Waals surface area contributed by atoms with Gasteiger partial charge in [0.2, 0.25) is 5.91 Å². The first kappa shape index (κ1) is 21.1. The van der Waals surface area contributed by atoms with Gasteiger partial charge in [0.15, 0.2) is 0 Å². The van der Waals surface area contributed by atoms with Crippen molar-refractivity contribution in [2.24, 2.45) is 0 Å². The summed E-state index contributed by atoms with van der Waals surface area (Å²) in [4.78, 5) is 32.4. The number of nitrogens with zero attached hydrogens (tertiary/aromatic N) is 2. The van der Waals surface area contributed by atoms with Gasteiger partial charge in [-0.15, -0.1) is 23.2 Å². The Labute approximate surface area is 167 Å². The van der Waals surface area contributed by atoms with Crippen molar-refractivity contribution in [3.05, 3.63) is 48.0 Å². The largest absolute Gasteiger partial charge is 0.480 e. The molecule has 0 aliphatic rings. The highest BCUT2D eigenvalue weighted by atomic mass is 35.5. The molecule has 2 aromatic rings. The maximum Gasteiger partial charge on any atom is 0.326 e. The molecule has 146 valence electrons. The first-order valence-corrected chi connectivity index (χ1v) is 9.55. The van der Waals surface area contributed by atoms with Crippen LogP contribution in [0.2, 0.25) is 0 Å². The summed E-state index contributed by atoms with van der Waals surface area (Å²) in [5.74, 6) is -0.457. The molecule has 2 rings (SSSR count). The minimum absolute atomic E-state index is 0.0953. The number of benzene rings is 1. The van der Waals surface area contributed by atoms with Gasteiger partial charge >= 0.3 is 5.97 Å². The molecule has 1 aromatic heterocycles. The molecule has 1 amide bonds. The summed E-state index contributed by atoms with van der Waals surface area (Å²) in [5.41, 5.74) is 2.41. The van der Waals surface area contributed by atoms with E-state index in [0.29, 0.717) is 30.5 Å². The lowest BCUT2D eigenvalue weighted by Gasteiger charge is -2.23. The van der Waals surface area contributed by atoms with Crippen LogP contribution in [-0.2, 0) is 22.4 Å². The molecule has 0 saturated heterocycles. The molecule has 0 aliphatic carbocycles. The SMILES string of the molecule is O=C(Cc1ccc(N(CCCl)CCCl)cc1)N[C@@H](Cc1cnc[nH]1)C(=O)O. The van der Waals surface area contributed by atoms with Crippen LogP contribution in [0.3, 0.4) is 0 Å². The van der Waals surface area contributed by atoms with E-state index in [-0.39, 0.29) is 18.7 Å². The van der Waals surface area contributed by atoms with Crippen molar-refractivity contribution in [3.63, 3.8) is 0 Å². The standard InChI is InChI=1S/C18H22Cl2N4O3/c19-5-7-24(8-6-20)15-3-1-13(2-4-15)9-17(25)23-16(18(26)27)10-14-11-21-12-22-14/h1-4,11-12,16H,5-10H2,(H,21,22)(H,23,25)(H,26,27)/t16-/m0/s1. The number of nitrogens with one attached hydrogen (secondary N) is 2. The normalized spacial score (nSPS) is 11.8. The van der Waals surface area contributed by atoms with Gasteiger partial charge in [0.1, 0.15) is 6.04 Å². The van der Waals surface area contributed by atoms with Crippen molar-refractivity contribution in [3.8, 4) is 0 Å². The average Bonchev–Trinajstić information content (AvgIpc) is 3.15. The van der Waals surface area contributed by atoms with Crippen LogP contribution < -0.4 is 10.2 Å². The zero-order chi connectivity index (χ0) is 19.6. The number of carboxylic acids is 1. The number of hydrogen-bond donors (Lipinski definition) is 3. The fourth-order valence-electron chi connectivity index (χ4n) is 2.65.